The van der Waals surface area contributed by atoms with E-state index in [4.69, 9.17) is 0 Å². The Labute approximate surface area is 84.4 Å². The Balaban J connectivity index is 2.82. The summed E-state index contributed by atoms with van der Waals surface area (Å²) in [5.41, 5.74) is 0.408. The Morgan fingerprint density at radius 1 is 1.20 bits per heavy atom. The predicted molar refractivity (Wildman–Crippen MR) is 49.7 cm³/mol. The molecule has 0 N–H and O–H groups in total. The van der Waals surface area contributed by atoms with Crippen molar-refractivity contribution >= 4 is 5.65 Å². The molecule has 15 heavy (non-hydrogen) atoms. The van der Waals surface area contributed by atoms with Crippen LogP contribution >= 0.6 is 0 Å². The average molecular weight is 214 g/mol. The first-order valence-electron chi connectivity index (χ1n) is 4.42. The van der Waals surface area contributed by atoms with Crippen LogP contribution in [0.15, 0.2) is 18.3 Å². The monoisotopic (exact) mass is 214 g/mol. The van der Waals surface area contributed by atoms with Gasteiger partial charge >= 0.3 is 6.18 Å². The number of hydrogen-bond acceptors (Lipinski definition) is 1. The van der Waals surface area contributed by atoms with Gasteiger partial charge in [0.1, 0.15) is 5.65 Å². The van der Waals surface area contributed by atoms with Gasteiger partial charge in [0, 0.05) is 6.20 Å². The number of hydrogen-bond donors (Lipinski definition) is 0. The first-order valence-corrected chi connectivity index (χ1v) is 4.42. The lowest BCUT2D eigenvalue weighted by Gasteiger charge is -2.07. The summed E-state index contributed by atoms with van der Waals surface area (Å²) in [6.45, 7) is 3.11. The number of fused-ring (bicyclic) bond motifs is 1. The summed E-state index contributed by atoms with van der Waals surface area (Å²) >= 11 is 0. The van der Waals surface area contributed by atoms with Crippen molar-refractivity contribution in [3.8, 4) is 0 Å². The number of halogens is 3. The van der Waals surface area contributed by atoms with E-state index in [2.05, 4.69) is 4.98 Å². The minimum atomic E-state index is -4.36. The van der Waals surface area contributed by atoms with Gasteiger partial charge in [0.15, 0.2) is 5.69 Å². The fourth-order valence-corrected chi connectivity index (χ4v) is 1.61. The lowest BCUT2D eigenvalue weighted by atomic mass is 10.3. The smallest absolute Gasteiger partial charge is 0.295 e. The highest BCUT2D eigenvalue weighted by molar-refractivity contribution is 5.45. The Bertz CT molecular complexity index is 511. The number of imidazole rings is 1. The quantitative estimate of drug-likeness (QED) is 0.659. The Morgan fingerprint density at radius 2 is 1.87 bits per heavy atom. The topological polar surface area (TPSA) is 17.3 Å². The largest absolute Gasteiger partial charge is 0.433 e. The second-order valence-electron chi connectivity index (χ2n) is 3.48. The number of rotatable bonds is 0. The molecule has 0 aliphatic carbocycles. The van der Waals surface area contributed by atoms with Crippen molar-refractivity contribution in [1.82, 2.24) is 9.38 Å². The van der Waals surface area contributed by atoms with Gasteiger partial charge in [-0.05, 0) is 25.5 Å². The molecule has 0 bridgehead atoms. The van der Waals surface area contributed by atoms with Crippen molar-refractivity contribution in [3.63, 3.8) is 0 Å². The highest BCUT2D eigenvalue weighted by Crippen LogP contribution is 2.32. The van der Waals surface area contributed by atoms with E-state index >= 15 is 0 Å². The minimum Gasteiger partial charge on any atom is -0.295 e. The predicted octanol–water partition coefficient (Wildman–Crippen LogP) is 2.97. The molecule has 2 aromatic heterocycles. The molecule has 2 nitrogen and oxygen atoms in total. The van der Waals surface area contributed by atoms with E-state index in [0.29, 0.717) is 5.65 Å². The number of nitrogens with zero attached hydrogens (tertiary/aromatic N) is 2. The third kappa shape index (κ3) is 1.58. The normalized spacial score (nSPS) is 12.3. The van der Waals surface area contributed by atoms with E-state index in [1.165, 1.54) is 13.1 Å². The van der Waals surface area contributed by atoms with Gasteiger partial charge in [0.05, 0.1) is 5.69 Å². The number of aryl methyl sites for hydroxylation is 2. The van der Waals surface area contributed by atoms with E-state index in [1.54, 1.807) is 19.1 Å². The molecule has 0 aliphatic rings. The molecule has 0 saturated heterocycles. The SMILES string of the molecule is Cc1ccc2nc(C)c(C(F)(F)F)n2c1. The Kier molecular flexibility index (Phi) is 1.99. The fourth-order valence-electron chi connectivity index (χ4n) is 1.61. The lowest BCUT2D eigenvalue weighted by Crippen LogP contribution is -2.10. The maximum Gasteiger partial charge on any atom is 0.433 e. The van der Waals surface area contributed by atoms with Gasteiger partial charge in [-0.3, -0.25) is 4.40 Å². The standard InChI is InChI=1S/C10H9F3N2/c1-6-3-4-8-14-7(2)9(10(11,12)13)15(8)5-6/h3-5H,1-2H3. The number of pyridine rings is 1. The van der Waals surface area contributed by atoms with Crippen LogP contribution in [0.25, 0.3) is 5.65 Å². The van der Waals surface area contributed by atoms with Gasteiger partial charge in [0.25, 0.3) is 0 Å². The van der Waals surface area contributed by atoms with Crippen LogP contribution in [-0.4, -0.2) is 9.38 Å². The molecule has 80 valence electrons. The number of aromatic nitrogens is 2. The van der Waals surface area contributed by atoms with Crippen LogP contribution in [0.3, 0.4) is 0 Å². The van der Waals surface area contributed by atoms with Gasteiger partial charge in [-0.2, -0.15) is 13.2 Å². The maximum absolute atomic E-state index is 12.7. The summed E-state index contributed by atoms with van der Waals surface area (Å²) < 4.78 is 39.1. The molecule has 0 unspecified atom stereocenters. The van der Waals surface area contributed by atoms with Crippen molar-refractivity contribution in [3.05, 3.63) is 35.3 Å². The molecular weight excluding hydrogens is 205 g/mol. The second-order valence-corrected chi connectivity index (χ2v) is 3.48. The lowest BCUT2D eigenvalue weighted by molar-refractivity contribution is -0.142. The zero-order valence-corrected chi connectivity index (χ0v) is 8.26. The Morgan fingerprint density at radius 3 is 2.47 bits per heavy atom. The third-order valence-corrected chi connectivity index (χ3v) is 2.21. The first kappa shape index (κ1) is 10.0. The Hall–Kier alpha value is -1.52. The molecule has 2 aromatic rings. The summed E-state index contributed by atoms with van der Waals surface area (Å²) in [7, 11) is 0. The van der Waals surface area contributed by atoms with Crippen LogP contribution in [0.2, 0.25) is 0 Å². The van der Waals surface area contributed by atoms with Crippen molar-refractivity contribution in [2.45, 2.75) is 20.0 Å². The van der Waals surface area contributed by atoms with Crippen LogP contribution in [0.4, 0.5) is 13.2 Å². The van der Waals surface area contributed by atoms with E-state index in [1.807, 2.05) is 0 Å². The molecule has 0 amide bonds. The molecule has 2 heterocycles. The molecular formula is C10H9F3N2. The van der Waals surface area contributed by atoms with Gasteiger partial charge in [-0.25, -0.2) is 4.98 Å². The summed E-state index contributed by atoms with van der Waals surface area (Å²) in [6, 6.07) is 3.32. The molecule has 0 atom stereocenters. The average Bonchev–Trinajstić information content (AvgIpc) is 2.38. The summed E-state index contributed by atoms with van der Waals surface area (Å²) in [4.78, 5) is 3.86. The van der Waals surface area contributed by atoms with E-state index in [-0.39, 0.29) is 5.69 Å². The van der Waals surface area contributed by atoms with E-state index < -0.39 is 11.9 Å². The highest BCUT2D eigenvalue weighted by Gasteiger charge is 2.36. The van der Waals surface area contributed by atoms with Crippen LogP contribution < -0.4 is 0 Å². The molecule has 0 radical (unpaired) electrons. The van der Waals surface area contributed by atoms with E-state index in [0.717, 1.165) is 9.96 Å². The minimum absolute atomic E-state index is 0.00750. The van der Waals surface area contributed by atoms with Gasteiger partial charge < -0.3 is 0 Å². The molecule has 5 heteroatoms. The summed E-state index contributed by atoms with van der Waals surface area (Å²) in [5, 5.41) is 0. The fraction of sp³-hybridized carbons (Fsp3) is 0.300. The molecule has 0 spiro atoms. The van der Waals surface area contributed by atoms with Gasteiger partial charge in [-0.1, -0.05) is 6.07 Å². The van der Waals surface area contributed by atoms with Crippen LogP contribution in [0, 0.1) is 13.8 Å². The van der Waals surface area contributed by atoms with E-state index in [9.17, 15) is 13.2 Å². The van der Waals surface area contributed by atoms with Crippen LogP contribution in [-0.2, 0) is 6.18 Å². The molecule has 2 rings (SSSR count). The highest BCUT2D eigenvalue weighted by atomic mass is 19.4. The maximum atomic E-state index is 12.7. The molecule has 0 aliphatic heterocycles. The third-order valence-electron chi connectivity index (χ3n) is 2.21. The van der Waals surface area contributed by atoms with Crippen molar-refractivity contribution in [2.24, 2.45) is 0 Å². The molecule has 0 saturated carbocycles. The zero-order chi connectivity index (χ0) is 11.2. The molecule has 0 fully saturated rings. The zero-order valence-electron chi connectivity index (χ0n) is 8.26. The van der Waals surface area contributed by atoms with Gasteiger partial charge in [0.2, 0.25) is 0 Å². The van der Waals surface area contributed by atoms with Crippen LogP contribution in [0.5, 0.6) is 0 Å². The van der Waals surface area contributed by atoms with Crippen molar-refractivity contribution in [2.75, 3.05) is 0 Å². The van der Waals surface area contributed by atoms with Crippen LogP contribution in [0.1, 0.15) is 17.0 Å². The van der Waals surface area contributed by atoms with Crippen molar-refractivity contribution < 1.29 is 13.2 Å². The summed E-state index contributed by atoms with van der Waals surface area (Å²) in [5.74, 6) is 0. The number of alkyl halides is 3. The second kappa shape index (κ2) is 2.98. The summed E-state index contributed by atoms with van der Waals surface area (Å²) in [6.07, 6.45) is -2.92. The van der Waals surface area contributed by atoms with Crippen molar-refractivity contribution in [1.29, 1.82) is 0 Å². The first-order chi connectivity index (χ1) is 6.89. The van der Waals surface area contributed by atoms with Gasteiger partial charge in [-0.15, -0.1) is 0 Å². The molecule has 0 aromatic carbocycles.